The van der Waals surface area contributed by atoms with E-state index in [1.165, 1.54) is 23.1 Å². The molecular formula is C25H20N4OS3. The van der Waals surface area contributed by atoms with Gasteiger partial charge in [-0.25, -0.2) is 9.97 Å². The van der Waals surface area contributed by atoms with Crippen molar-refractivity contribution in [2.45, 2.75) is 17.3 Å². The van der Waals surface area contributed by atoms with Crippen LogP contribution in [0.25, 0.3) is 33.1 Å². The van der Waals surface area contributed by atoms with E-state index in [9.17, 15) is 4.79 Å². The maximum absolute atomic E-state index is 12.8. The minimum absolute atomic E-state index is 0.106. The number of carbonyl (C=O) groups is 1. The number of nitrogens with zero attached hydrogens (tertiary/aromatic N) is 2. The van der Waals surface area contributed by atoms with E-state index in [2.05, 4.69) is 27.4 Å². The normalized spacial score (nSPS) is 11.9. The lowest BCUT2D eigenvalue weighted by Gasteiger charge is -2.08. The number of H-pyrrole nitrogens is 1. The number of nitrogens with one attached hydrogen (secondary N) is 2. The van der Waals surface area contributed by atoms with Crippen molar-refractivity contribution in [3.63, 3.8) is 0 Å². The molecule has 1 unspecified atom stereocenters. The molecular weight excluding hydrogens is 469 g/mol. The molecule has 0 saturated heterocycles. The summed E-state index contributed by atoms with van der Waals surface area (Å²) in [7, 11) is 0. The predicted octanol–water partition coefficient (Wildman–Crippen LogP) is 7.05. The summed E-state index contributed by atoms with van der Waals surface area (Å²) in [6.07, 6.45) is 0. The van der Waals surface area contributed by atoms with Crippen molar-refractivity contribution < 1.29 is 4.79 Å². The number of thioether (sulfide) groups is 1. The maximum Gasteiger partial charge on any atom is 0.239 e. The molecule has 0 saturated carbocycles. The molecule has 5 aromatic rings. The zero-order valence-electron chi connectivity index (χ0n) is 17.7. The Balaban J connectivity index is 1.34. The summed E-state index contributed by atoms with van der Waals surface area (Å²) in [5.74, 6) is -0.106. The highest BCUT2D eigenvalue weighted by molar-refractivity contribution is 8.00. The molecule has 5 rings (SSSR count). The second-order valence-electron chi connectivity index (χ2n) is 7.26. The quantitative estimate of drug-likeness (QED) is 0.241. The van der Waals surface area contributed by atoms with Crippen molar-refractivity contribution in [3.05, 3.63) is 83.6 Å². The molecule has 0 fully saturated rings. The fourth-order valence-corrected chi connectivity index (χ4v) is 5.60. The van der Waals surface area contributed by atoms with Crippen LogP contribution < -0.4 is 5.32 Å². The molecule has 2 N–H and O–H groups in total. The van der Waals surface area contributed by atoms with Crippen LogP contribution in [0.15, 0.2) is 88.7 Å². The number of thiophene rings is 1. The Morgan fingerprint density at radius 2 is 1.67 bits per heavy atom. The Hall–Kier alpha value is -3.20. The van der Waals surface area contributed by atoms with E-state index in [1.807, 2.05) is 78.3 Å². The first kappa shape index (κ1) is 21.6. The predicted molar refractivity (Wildman–Crippen MR) is 139 cm³/mol. The van der Waals surface area contributed by atoms with E-state index in [-0.39, 0.29) is 11.2 Å². The molecule has 0 aliphatic heterocycles. The molecule has 0 aliphatic carbocycles. The molecule has 0 aliphatic rings. The Kier molecular flexibility index (Phi) is 6.39. The van der Waals surface area contributed by atoms with Gasteiger partial charge in [-0.2, -0.15) is 0 Å². The van der Waals surface area contributed by atoms with Gasteiger partial charge in [0.15, 0.2) is 10.3 Å². The number of aromatic nitrogens is 3. The summed E-state index contributed by atoms with van der Waals surface area (Å²) >= 11 is 4.46. The third-order valence-corrected chi connectivity index (χ3v) is 7.59. The summed E-state index contributed by atoms with van der Waals surface area (Å²) in [4.78, 5) is 26.7. The van der Waals surface area contributed by atoms with E-state index < -0.39 is 0 Å². The van der Waals surface area contributed by atoms with Gasteiger partial charge in [0.25, 0.3) is 0 Å². The molecule has 0 bridgehead atoms. The lowest BCUT2D eigenvalue weighted by atomic mass is 10.1. The summed E-state index contributed by atoms with van der Waals surface area (Å²) < 4.78 is 0. The van der Waals surface area contributed by atoms with Crippen molar-refractivity contribution >= 4 is 45.5 Å². The topological polar surface area (TPSA) is 70.7 Å². The molecule has 5 nitrogen and oxygen atoms in total. The highest BCUT2D eigenvalue weighted by atomic mass is 32.2. The van der Waals surface area contributed by atoms with Gasteiger partial charge in [0.1, 0.15) is 0 Å². The number of carbonyl (C=O) groups excluding carboxylic acids is 1. The Labute approximate surface area is 204 Å². The van der Waals surface area contributed by atoms with Gasteiger partial charge in [-0.1, -0.05) is 78.5 Å². The average Bonchev–Trinajstić information content (AvgIpc) is 3.61. The number of amides is 1. The summed E-state index contributed by atoms with van der Waals surface area (Å²) in [5, 5.41) is 7.87. The summed E-state index contributed by atoms with van der Waals surface area (Å²) in [5.41, 5.74) is 4.78. The first-order chi connectivity index (χ1) is 16.2. The number of hydrogen-bond acceptors (Lipinski definition) is 6. The van der Waals surface area contributed by atoms with Crippen LogP contribution >= 0.6 is 34.4 Å². The van der Waals surface area contributed by atoms with Crippen LogP contribution in [0.5, 0.6) is 0 Å². The maximum atomic E-state index is 12.8. The van der Waals surface area contributed by atoms with Crippen molar-refractivity contribution in [3.8, 4) is 33.1 Å². The lowest BCUT2D eigenvalue weighted by Crippen LogP contribution is -2.22. The second kappa shape index (κ2) is 9.74. The van der Waals surface area contributed by atoms with Gasteiger partial charge in [0.2, 0.25) is 5.91 Å². The fourth-order valence-electron chi connectivity index (χ4n) is 3.32. The van der Waals surface area contributed by atoms with E-state index in [1.54, 1.807) is 11.3 Å². The Morgan fingerprint density at radius 3 is 2.36 bits per heavy atom. The van der Waals surface area contributed by atoms with Gasteiger partial charge in [-0.3, -0.25) is 4.79 Å². The van der Waals surface area contributed by atoms with Crippen LogP contribution in [0.1, 0.15) is 6.92 Å². The van der Waals surface area contributed by atoms with Crippen LogP contribution in [-0.4, -0.2) is 26.1 Å². The van der Waals surface area contributed by atoms with E-state index in [0.29, 0.717) is 10.3 Å². The molecule has 2 aromatic carbocycles. The molecule has 3 aromatic heterocycles. The van der Waals surface area contributed by atoms with Gasteiger partial charge < -0.3 is 10.3 Å². The number of benzene rings is 2. The van der Waals surface area contributed by atoms with Crippen molar-refractivity contribution in [2.24, 2.45) is 0 Å². The molecule has 0 spiro atoms. The van der Waals surface area contributed by atoms with Crippen LogP contribution in [0.2, 0.25) is 0 Å². The van der Waals surface area contributed by atoms with Crippen molar-refractivity contribution in [1.82, 2.24) is 15.0 Å². The molecule has 164 valence electrons. The molecule has 1 amide bonds. The lowest BCUT2D eigenvalue weighted by molar-refractivity contribution is -0.115. The fraction of sp³-hybridized carbons (Fsp3) is 0.0800. The first-order valence-electron chi connectivity index (χ1n) is 10.3. The zero-order chi connectivity index (χ0) is 22.6. The smallest absolute Gasteiger partial charge is 0.239 e. The van der Waals surface area contributed by atoms with Gasteiger partial charge >= 0.3 is 0 Å². The minimum atomic E-state index is -0.350. The highest BCUT2D eigenvalue weighted by Crippen LogP contribution is 2.34. The van der Waals surface area contributed by atoms with Crippen LogP contribution in [0, 0.1) is 0 Å². The third-order valence-electron chi connectivity index (χ3n) is 4.96. The monoisotopic (exact) mass is 488 g/mol. The van der Waals surface area contributed by atoms with Gasteiger partial charge in [0.05, 0.1) is 27.2 Å². The molecule has 33 heavy (non-hydrogen) atoms. The van der Waals surface area contributed by atoms with E-state index in [4.69, 9.17) is 4.98 Å². The Bertz CT molecular complexity index is 1290. The number of anilines is 1. The largest absolute Gasteiger partial charge is 0.332 e. The van der Waals surface area contributed by atoms with E-state index >= 15 is 0 Å². The summed E-state index contributed by atoms with van der Waals surface area (Å²) in [6.45, 7) is 1.88. The van der Waals surface area contributed by atoms with Gasteiger partial charge in [0, 0.05) is 16.5 Å². The number of imidazole rings is 1. The van der Waals surface area contributed by atoms with Crippen LogP contribution in [0.4, 0.5) is 5.13 Å². The number of aromatic amines is 1. The SMILES string of the molecule is CC(Sc1nc(-c2ccccc2)c(-c2ccccc2)[nH]1)C(=O)Nc1nc(-c2cccs2)cs1. The van der Waals surface area contributed by atoms with E-state index in [0.717, 1.165) is 33.1 Å². The van der Waals surface area contributed by atoms with Gasteiger partial charge in [-0.05, 0) is 18.4 Å². The molecule has 8 heteroatoms. The summed E-state index contributed by atoms with van der Waals surface area (Å²) in [6, 6.07) is 24.2. The molecule has 0 radical (unpaired) electrons. The van der Waals surface area contributed by atoms with Crippen LogP contribution in [0.3, 0.4) is 0 Å². The highest BCUT2D eigenvalue weighted by Gasteiger charge is 2.21. The average molecular weight is 489 g/mol. The molecule has 3 heterocycles. The zero-order valence-corrected chi connectivity index (χ0v) is 20.1. The van der Waals surface area contributed by atoms with Crippen molar-refractivity contribution in [1.29, 1.82) is 0 Å². The molecule has 1 atom stereocenters. The number of hydrogen-bond donors (Lipinski definition) is 2. The van der Waals surface area contributed by atoms with Crippen LogP contribution in [-0.2, 0) is 4.79 Å². The first-order valence-corrected chi connectivity index (χ1v) is 13.0. The Morgan fingerprint density at radius 1 is 0.939 bits per heavy atom. The number of thiazole rings is 1. The van der Waals surface area contributed by atoms with Gasteiger partial charge in [-0.15, -0.1) is 22.7 Å². The minimum Gasteiger partial charge on any atom is -0.332 e. The standard InChI is InChI=1S/C25H20N4OS3/c1-16(23(30)29-24-26-19(15-32-24)20-13-8-14-31-20)33-25-27-21(17-9-4-2-5-10-17)22(28-25)18-11-6-3-7-12-18/h2-16H,1H3,(H,27,28)(H,26,29,30). The third kappa shape index (κ3) is 4.93. The van der Waals surface area contributed by atoms with Crippen molar-refractivity contribution in [2.75, 3.05) is 5.32 Å². The second-order valence-corrected chi connectivity index (χ2v) is 10.4. The number of rotatable bonds is 7.